The number of carboxylic acids is 1. The maximum Gasteiger partial charge on any atom is 0.409 e. The molecular formula is C23H35N5O5S. The summed E-state index contributed by atoms with van der Waals surface area (Å²) in [5.41, 5.74) is 3.02. The van der Waals surface area contributed by atoms with E-state index in [9.17, 15) is 19.5 Å². The highest BCUT2D eigenvalue weighted by Gasteiger charge is 2.30. The van der Waals surface area contributed by atoms with Crippen molar-refractivity contribution >= 4 is 34.4 Å². The molecule has 0 bridgehead atoms. The highest BCUT2D eigenvalue weighted by atomic mass is 32.1. The number of carbonyl (C=O) groups is 3. The van der Waals surface area contributed by atoms with Gasteiger partial charge in [0.15, 0.2) is 11.3 Å². The minimum absolute atomic E-state index is 0.0536. The van der Waals surface area contributed by atoms with Crippen LogP contribution < -0.4 is 16.0 Å². The molecule has 2 heterocycles. The van der Waals surface area contributed by atoms with Crippen LogP contribution in [-0.4, -0.2) is 50.4 Å². The van der Waals surface area contributed by atoms with Gasteiger partial charge in [0.1, 0.15) is 11.6 Å². The maximum atomic E-state index is 13.1. The summed E-state index contributed by atoms with van der Waals surface area (Å²) in [6.07, 6.45) is -1.92. The van der Waals surface area contributed by atoms with E-state index in [1.165, 1.54) is 11.3 Å². The first-order valence-corrected chi connectivity index (χ1v) is 11.9. The minimum Gasteiger partial charge on any atom is -0.480 e. The summed E-state index contributed by atoms with van der Waals surface area (Å²) in [5.74, 6) is -1.72. The molecule has 0 fully saturated rings. The molecule has 0 aliphatic heterocycles. The Kier molecular flexibility index (Phi) is 8.84. The van der Waals surface area contributed by atoms with Crippen LogP contribution in [0.1, 0.15) is 52.4 Å². The van der Waals surface area contributed by atoms with Crippen LogP contribution in [0.4, 0.5) is 9.93 Å². The number of rotatable bonds is 9. The third-order valence-corrected chi connectivity index (χ3v) is 5.84. The van der Waals surface area contributed by atoms with Gasteiger partial charge in [0.2, 0.25) is 0 Å². The summed E-state index contributed by atoms with van der Waals surface area (Å²) in [7, 11) is 1.97. The van der Waals surface area contributed by atoms with Crippen LogP contribution in [-0.2, 0) is 21.4 Å². The molecule has 2 aromatic rings. The Morgan fingerprint density at radius 3 is 2.38 bits per heavy atom. The molecule has 0 saturated carbocycles. The molecule has 0 spiro atoms. The number of carbonyl (C=O) groups excluding carboxylic acids is 2. The number of anilines is 1. The highest BCUT2D eigenvalue weighted by molar-refractivity contribution is 7.14. The molecule has 2 aromatic heterocycles. The standard InChI is InChI=1S/C23H35N5O5S/c1-12(2)9-16(20(30)31)24-18(26-22(32)33-23(5,6)7)19(29)27-21-25-17(11-34-21)15-10-13(3)28(8)14(15)4/h10-12,16,18,24H,9H2,1-8H3,(H,26,32)(H,30,31)(H,25,27,29)/t16-,18+/m0/s1. The molecular weight excluding hydrogens is 458 g/mol. The summed E-state index contributed by atoms with van der Waals surface area (Å²) in [6.45, 7) is 12.8. The van der Waals surface area contributed by atoms with Crippen molar-refractivity contribution in [3.8, 4) is 11.3 Å². The number of aliphatic carboxylic acids is 1. The fraction of sp³-hybridized carbons (Fsp3) is 0.565. The topological polar surface area (TPSA) is 135 Å². The van der Waals surface area contributed by atoms with Gasteiger partial charge >= 0.3 is 12.1 Å². The van der Waals surface area contributed by atoms with Crippen molar-refractivity contribution in [2.75, 3.05) is 5.32 Å². The smallest absolute Gasteiger partial charge is 0.409 e. The summed E-state index contributed by atoms with van der Waals surface area (Å²) in [4.78, 5) is 41.6. The van der Waals surface area contributed by atoms with Gasteiger partial charge in [-0.25, -0.2) is 9.78 Å². The van der Waals surface area contributed by atoms with Crippen molar-refractivity contribution in [3.05, 3.63) is 22.8 Å². The van der Waals surface area contributed by atoms with Gasteiger partial charge in [0, 0.05) is 29.4 Å². The number of carboxylic acid groups (broad SMARTS) is 1. The predicted octanol–water partition coefficient (Wildman–Crippen LogP) is 3.64. The lowest BCUT2D eigenvalue weighted by Crippen LogP contribution is -2.58. The first-order chi connectivity index (χ1) is 15.7. The van der Waals surface area contributed by atoms with Crippen LogP contribution in [0.15, 0.2) is 11.4 Å². The Bertz CT molecular complexity index is 1040. The van der Waals surface area contributed by atoms with E-state index in [2.05, 4.69) is 25.5 Å². The van der Waals surface area contributed by atoms with Gasteiger partial charge in [-0.3, -0.25) is 25.5 Å². The second kappa shape index (κ2) is 11.0. The molecule has 0 saturated heterocycles. The van der Waals surface area contributed by atoms with E-state index in [1.54, 1.807) is 20.8 Å². The summed E-state index contributed by atoms with van der Waals surface area (Å²) >= 11 is 1.24. The number of aromatic nitrogens is 2. The van der Waals surface area contributed by atoms with Crippen molar-refractivity contribution in [1.82, 2.24) is 20.2 Å². The lowest BCUT2D eigenvalue weighted by molar-refractivity contribution is -0.140. The molecule has 0 unspecified atom stereocenters. The molecule has 11 heteroatoms. The van der Waals surface area contributed by atoms with Gasteiger partial charge < -0.3 is 14.4 Å². The number of thiazole rings is 1. The monoisotopic (exact) mass is 493 g/mol. The zero-order valence-corrected chi connectivity index (χ0v) is 21.8. The molecule has 0 aromatic carbocycles. The SMILES string of the molecule is Cc1cc(-c2csc(NC(=O)[C@@H](NC(=O)OC(C)(C)C)N[C@@H](CC(C)C)C(=O)O)n2)c(C)n1C. The summed E-state index contributed by atoms with van der Waals surface area (Å²) < 4.78 is 7.30. The van der Waals surface area contributed by atoms with Crippen molar-refractivity contribution in [3.63, 3.8) is 0 Å². The fourth-order valence-corrected chi connectivity index (χ4v) is 3.98. The third-order valence-electron chi connectivity index (χ3n) is 5.08. The van der Waals surface area contributed by atoms with Crippen LogP contribution >= 0.6 is 11.3 Å². The molecule has 0 aliphatic carbocycles. The number of hydrogen-bond acceptors (Lipinski definition) is 7. The number of nitrogens with zero attached hydrogens (tertiary/aromatic N) is 2. The number of amides is 2. The molecule has 4 N–H and O–H groups in total. The van der Waals surface area contributed by atoms with E-state index in [0.717, 1.165) is 17.0 Å². The molecule has 188 valence electrons. The molecule has 2 rings (SSSR count). The van der Waals surface area contributed by atoms with E-state index < -0.39 is 35.8 Å². The molecule has 0 aliphatic rings. The zero-order valence-electron chi connectivity index (χ0n) is 21.0. The number of aryl methyl sites for hydroxylation is 1. The Morgan fingerprint density at radius 2 is 1.88 bits per heavy atom. The highest BCUT2D eigenvalue weighted by Crippen LogP contribution is 2.29. The van der Waals surface area contributed by atoms with Gasteiger partial charge in [0.25, 0.3) is 5.91 Å². The average molecular weight is 494 g/mol. The van der Waals surface area contributed by atoms with Gasteiger partial charge in [-0.05, 0) is 53.0 Å². The summed E-state index contributed by atoms with van der Waals surface area (Å²) in [6, 6.07) is 0.973. The first-order valence-electron chi connectivity index (χ1n) is 11.1. The molecule has 34 heavy (non-hydrogen) atoms. The zero-order chi connectivity index (χ0) is 25.8. The number of nitrogens with one attached hydrogen (secondary N) is 3. The lowest BCUT2D eigenvalue weighted by Gasteiger charge is -2.26. The average Bonchev–Trinajstić information content (AvgIpc) is 3.24. The Morgan fingerprint density at radius 1 is 1.24 bits per heavy atom. The molecule has 0 radical (unpaired) electrons. The largest absolute Gasteiger partial charge is 0.480 e. The minimum atomic E-state index is -1.34. The molecule has 10 nitrogen and oxygen atoms in total. The first kappa shape index (κ1) is 27.3. The Balaban J connectivity index is 2.23. The normalized spacial score (nSPS) is 13.4. The van der Waals surface area contributed by atoms with E-state index in [1.807, 2.05) is 46.2 Å². The van der Waals surface area contributed by atoms with Crippen LogP contribution in [0.3, 0.4) is 0 Å². The van der Waals surface area contributed by atoms with Crippen LogP contribution in [0.25, 0.3) is 11.3 Å². The van der Waals surface area contributed by atoms with E-state index in [-0.39, 0.29) is 12.3 Å². The number of ether oxygens (including phenoxy) is 1. The fourth-order valence-electron chi connectivity index (χ4n) is 3.27. The Labute approximate surface area is 204 Å². The quantitative estimate of drug-likeness (QED) is 0.392. The predicted molar refractivity (Wildman–Crippen MR) is 132 cm³/mol. The van der Waals surface area contributed by atoms with Crippen molar-refractivity contribution in [2.24, 2.45) is 13.0 Å². The van der Waals surface area contributed by atoms with E-state index in [4.69, 9.17) is 4.74 Å². The van der Waals surface area contributed by atoms with Crippen molar-refractivity contribution in [1.29, 1.82) is 0 Å². The molecule has 2 atom stereocenters. The van der Waals surface area contributed by atoms with Gasteiger partial charge in [-0.1, -0.05) is 13.8 Å². The van der Waals surface area contributed by atoms with Crippen LogP contribution in [0, 0.1) is 19.8 Å². The van der Waals surface area contributed by atoms with Crippen molar-refractivity contribution in [2.45, 2.75) is 72.7 Å². The van der Waals surface area contributed by atoms with Gasteiger partial charge in [-0.15, -0.1) is 11.3 Å². The molecule has 2 amide bonds. The number of alkyl carbamates (subject to hydrolysis) is 1. The number of hydrogen-bond donors (Lipinski definition) is 4. The van der Waals surface area contributed by atoms with Gasteiger partial charge in [0.05, 0.1) is 5.69 Å². The second-order valence-corrected chi connectivity index (χ2v) is 10.5. The van der Waals surface area contributed by atoms with Crippen molar-refractivity contribution < 1.29 is 24.2 Å². The van der Waals surface area contributed by atoms with Crippen LogP contribution in [0.5, 0.6) is 0 Å². The third kappa shape index (κ3) is 7.56. The summed E-state index contributed by atoms with van der Waals surface area (Å²) in [5, 5.41) is 19.6. The van der Waals surface area contributed by atoms with Crippen LogP contribution in [0.2, 0.25) is 0 Å². The lowest BCUT2D eigenvalue weighted by atomic mass is 10.0. The van der Waals surface area contributed by atoms with E-state index in [0.29, 0.717) is 10.8 Å². The Hall–Kier alpha value is -2.92. The van der Waals surface area contributed by atoms with Gasteiger partial charge in [-0.2, -0.15) is 0 Å². The second-order valence-electron chi connectivity index (χ2n) is 9.64. The maximum absolute atomic E-state index is 13.1. The van der Waals surface area contributed by atoms with E-state index >= 15 is 0 Å².